The first-order valence-corrected chi connectivity index (χ1v) is 5.07. The molecule has 1 N–H and O–H groups in total. The standard InChI is InChI=1S/C8H12N4O2S/c1-5-7(15-11-10-5)8(14)9-4-6(13)12(2)3/h4H2,1-3H3,(H,9,14). The number of carbonyl (C=O) groups excluding carboxylic acids is 2. The molecular weight excluding hydrogens is 216 g/mol. The van der Waals surface area contributed by atoms with Crippen molar-refractivity contribution in [1.29, 1.82) is 0 Å². The van der Waals surface area contributed by atoms with Gasteiger partial charge in [0.05, 0.1) is 12.2 Å². The average molecular weight is 228 g/mol. The highest BCUT2D eigenvalue weighted by Crippen LogP contribution is 2.07. The zero-order chi connectivity index (χ0) is 11.4. The van der Waals surface area contributed by atoms with Crippen LogP contribution >= 0.6 is 11.5 Å². The molecule has 0 aliphatic carbocycles. The van der Waals surface area contributed by atoms with Crippen LogP contribution in [0, 0.1) is 6.92 Å². The molecule has 1 aromatic heterocycles. The van der Waals surface area contributed by atoms with Gasteiger partial charge in [0.1, 0.15) is 4.88 Å². The minimum atomic E-state index is -0.308. The van der Waals surface area contributed by atoms with E-state index in [2.05, 4.69) is 14.9 Å². The Morgan fingerprint density at radius 3 is 2.60 bits per heavy atom. The van der Waals surface area contributed by atoms with E-state index >= 15 is 0 Å². The Morgan fingerprint density at radius 1 is 1.47 bits per heavy atom. The Labute approximate surface area is 91.4 Å². The minimum Gasteiger partial charge on any atom is -0.347 e. The number of rotatable bonds is 3. The van der Waals surface area contributed by atoms with Crippen LogP contribution in [0.1, 0.15) is 15.4 Å². The zero-order valence-corrected chi connectivity index (χ0v) is 9.59. The van der Waals surface area contributed by atoms with E-state index in [9.17, 15) is 9.59 Å². The van der Waals surface area contributed by atoms with Crippen molar-refractivity contribution in [2.75, 3.05) is 20.6 Å². The molecule has 0 aliphatic rings. The van der Waals surface area contributed by atoms with Crippen LogP contribution in [-0.4, -0.2) is 46.9 Å². The first-order chi connectivity index (χ1) is 7.02. The molecule has 1 heterocycles. The molecule has 0 spiro atoms. The van der Waals surface area contributed by atoms with Crippen LogP contribution < -0.4 is 5.32 Å². The van der Waals surface area contributed by atoms with Crippen molar-refractivity contribution in [1.82, 2.24) is 19.8 Å². The maximum absolute atomic E-state index is 11.5. The SMILES string of the molecule is Cc1nnsc1C(=O)NCC(=O)N(C)C. The lowest BCUT2D eigenvalue weighted by Gasteiger charge is -2.10. The molecule has 0 atom stereocenters. The summed E-state index contributed by atoms with van der Waals surface area (Å²) in [6.07, 6.45) is 0. The third kappa shape index (κ3) is 2.98. The summed E-state index contributed by atoms with van der Waals surface area (Å²) >= 11 is 1.02. The highest BCUT2D eigenvalue weighted by molar-refractivity contribution is 7.08. The molecule has 0 aliphatic heterocycles. The molecule has 15 heavy (non-hydrogen) atoms. The highest BCUT2D eigenvalue weighted by Gasteiger charge is 2.14. The van der Waals surface area contributed by atoms with Crippen molar-refractivity contribution in [2.24, 2.45) is 0 Å². The third-order valence-corrected chi connectivity index (χ3v) is 2.58. The number of nitrogens with zero attached hydrogens (tertiary/aromatic N) is 3. The zero-order valence-electron chi connectivity index (χ0n) is 8.77. The van der Waals surface area contributed by atoms with Gasteiger partial charge in [-0.3, -0.25) is 9.59 Å². The van der Waals surface area contributed by atoms with Crippen molar-refractivity contribution in [3.63, 3.8) is 0 Å². The predicted octanol–water partition coefficient (Wildman–Crippen LogP) is -0.335. The van der Waals surface area contributed by atoms with Crippen molar-refractivity contribution in [2.45, 2.75) is 6.92 Å². The van der Waals surface area contributed by atoms with E-state index in [4.69, 9.17) is 0 Å². The van der Waals surface area contributed by atoms with Crippen LogP contribution in [-0.2, 0) is 4.79 Å². The number of hydrogen-bond acceptors (Lipinski definition) is 5. The minimum absolute atomic E-state index is 0.0107. The van der Waals surface area contributed by atoms with Gasteiger partial charge in [-0.15, -0.1) is 5.10 Å². The Hall–Kier alpha value is -1.50. The summed E-state index contributed by atoms with van der Waals surface area (Å²) in [7, 11) is 3.27. The first-order valence-electron chi connectivity index (χ1n) is 4.29. The number of carbonyl (C=O) groups is 2. The van der Waals surface area contributed by atoms with E-state index in [1.54, 1.807) is 21.0 Å². The predicted molar refractivity (Wildman–Crippen MR) is 55.7 cm³/mol. The molecule has 0 saturated carbocycles. The van der Waals surface area contributed by atoms with Gasteiger partial charge in [-0.25, -0.2) is 0 Å². The second kappa shape index (κ2) is 4.83. The lowest BCUT2D eigenvalue weighted by Crippen LogP contribution is -2.36. The summed E-state index contributed by atoms with van der Waals surface area (Å²) < 4.78 is 3.64. The Morgan fingerprint density at radius 2 is 2.13 bits per heavy atom. The van der Waals surface area contributed by atoms with Gasteiger partial charge in [0.25, 0.3) is 5.91 Å². The molecule has 7 heteroatoms. The van der Waals surface area contributed by atoms with E-state index < -0.39 is 0 Å². The average Bonchev–Trinajstić information content (AvgIpc) is 2.60. The van der Waals surface area contributed by atoms with Crippen LogP contribution in [0.15, 0.2) is 0 Å². The van der Waals surface area contributed by atoms with Crippen molar-refractivity contribution < 1.29 is 9.59 Å². The van der Waals surface area contributed by atoms with Gasteiger partial charge in [0, 0.05) is 14.1 Å². The number of aromatic nitrogens is 2. The van der Waals surface area contributed by atoms with E-state index in [0.717, 1.165) is 11.5 Å². The fraction of sp³-hybridized carbons (Fsp3) is 0.500. The fourth-order valence-electron chi connectivity index (χ4n) is 0.834. The molecule has 0 radical (unpaired) electrons. The molecular formula is C8H12N4O2S. The molecule has 0 fully saturated rings. The number of likely N-dealkylation sites (N-methyl/N-ethyl adjacent to an activating group) is 1. The molecule has 6 nitrogen and oxygen atoms in total. The van der Waals surface area contributed by atoms with Gasteiger partial charge in [-0.1, -0.05) is 4.49 Å². The third-order valence-electron chi connectivity index (χ3n) is 1.76. The quantitative estimate of drug-likeness (QED) is 0.768. The molecule has 1 rings (SSSR count). The number of aryl methyl sites for hydroxylation is 1. The maximum atomic E-state index is 11.5. The van der Waals surface area contributed by atoms with Crippen molar-refractivity contribution in [3.05, 3.63) is 10.6 Å². The van der Waals surface area contributed by atoms with Gasteiger partial charge in [0.15, 0.2) is 0 Å². The Kier molecular flexibility index (Phi) is 3.73. The molecule has 0 unspecified atom stereocenters. The Balaban J connectivity index is 2.51. The molecule has 0 aromatic carbocycles. The largest absolute Gasteiger partial charge is 0.347 e. The maximum Gasteiger partial charge on any atom is 0.265 e. The summed E-state index contributed by atoms with van der Waals surface area (Å²) in [5, 5.41) is 6.22. The summed E-state index contributed by atoms with van der Waals surface area (Å²) in [4.78, 5) is 24.5. The van der Waals surface area contributed by atoms with E-state index in [1.165, 1.54) is 4.90 Å². The van der Waals surface area contributed by atoms with Crippen molar-refractivity contribution >= 4 is 23.3 Å². The first kappa shape index (κ1) is 11.6. The van der Waals surface area contributed by atoms with Crippen LogP contribution in [0.25, 0.3) is 0 Å². The van der Waals surface area contributed by atoms with Crippen LogP contribution in [0.4, 0.5) is 0 Å². The molecule has 1 aromatic rings. The van der Waals surface area contributed by atoms with E-state index in [-0.39, 0.29) is 18.4 Å². The van der Waals surface area contributed by atoms with Gasteiger partial charge in [-0.05, 0) is 18.5 Å². The van der Waals surface area contributed by atoms with E-state index in [0.29, 0.717) is 10.6 Å². The van der Waals surface area contributed by atoms with E-state index in [1.807, 2.05) is 0 Å². The van der Waals surface area contributed by atoms with Crippen LogP contribution in [0.2, 0.25) is 0 Å². The lowest BCUT2D eigenvalue weighted by molar-refractivity contribution is -0.127. The van der Waals surface area contributed by atoms with Gasteiger partial charge < -0.3 is 10.2 Å². The summed E-state index contributed by atoms with van der Waals surface area (Å²) in [6.45, 7) is 1.69. The van der Waals surface area contributed by atoms with Gasteiger partial charge in [0.2, 0.25) is 5.91 Å². The monoisotopic (exact) mass is 228 g/mol. The molecule has 0 bridgehead atoms. The van der Waals surface area contributed by atoms with Crippen molar-refractivity contribution in [3.8, 4) is 0 Å². The van der Waals surface area contributed by atoms with Crippen LogP contribution in [0.3, 0.4) is 0 Å². The van der Waals surface area contributed by atoms with Gasteiger partial charge in [-0.2, -0.15) is 0 Å². The fourth-order valence-corrected chi connectivity index (χ4v) is 1.41. The molecule has 0 saturated heterocycles. The van der Waals surface area contributed by atoms with Crippen LogP contribution in [0.5, 0.6) is 0 Å². The Bertz CT molecular complexity index is 374. The lowest BCUT2D eigenvalue weighted by atomic mass is 10.4. The normalized spacial score (nSPS) is 9.80. The highest BCUT2D eigenvalue weighted by atomic mass is 32.1. The summed E-state index contributed by atoms with van der Waals surface area (Å²) in [5.74, 6) is -0.462. The summed E-state index contributed by atoms with van der Waals surface area (Å²) in [6, 6.07) is 0. The number of hydrogen-bond donors (Lipinski definition) is 1. The number of amides is 2. The number of nitrogens with one attached hydrogen (secondary N) is 1. The topological polar surface area (TPSA) is 75.2 Å². The smallest absolute Gasteiger partial charge is 0.265 e. The van der Waals surface area contributed by atoms with Gasteiger partial charge >= 0.3 is 0 Å². The summed E-state index contributed by atoms with van der Waals surface area (Å²) in [5.41, 5.74) is 0.579. The molecule has 82 valence electrons. The second-order valence-corrected chi connectivity index (χ2v) is 3.91. The molecule has 2 amide bonds. The second-order valence-electron chi connectivity index (χ2n) is 3.16.